The summed E-state index contributed by atoms with van der Waals surface area (Å²) in [7, 11) is 0. The maximum absolute atomic E-state index is 11.9. The van der Waals surface area contributed by atoms with Crippen molar-refractivity contribution in [3.05, 3.63) is 35.9 Å². The van der Waals surface area contributed by atoms with Crippen molar-refractivity contribution < 1.29 is 14.7 Å². The Bertz CT molecular complexity index is 535. The number of carbonyl (C=O) groups is 2. The summed E-state index contributed by atoms with van der Waals surface area (Å²) >= 11 is 0. The molecule has 1 aromatic carbocycles. The molecule has 0 aromatic heterocycles. The van der Waals surface area contributed by atoms with Gasteiger partial charge in [0.2, 0.25) is 5.91 Å². The number of anilines is 1. The summed E-state index contributed by atoms with van der Waals surface area (Å²) in [6.45, 7) is 2.23. The normalized spacial score (nSPS) is 10.9. The van der Waals surface area contributed by atoms with E-state index in [4.69, 9.17) is 5.11 Å². The second kappa shape index (κ2) is 13.2. The Hall–Kier alpha value is -2.10. The molecule has 1 aromatic rings. The molecule has 0 fully saturated rings. The van der Waals surface area contributed by atoms with Crippen LogP contribution in [0.4, 0.5) is 5.69 Å². The van der Waals surface area contributed by atoms with Gasteiger partial charge in [0.05, 0.1) is 0 Å². The van der Waals surface area contributed by atoms with Gasteiger partial charge in [0.25, 0.3) is 0 Å². The standard InChI is InChI=1S/C21H31NO3/c1-2-3-4-5-6-7-8-9-10-11-20(23)22-19-15-12-18(13-16-19)14-17-21(24)25/h12-17H,2-11H2,1H3,(H,22,23)(H,24,25)/b17-14+. The topological polar surface area (TPSA) is 66.4 Å². The van der Waals surface area contributed by atoms with E-state index in [2.05, 4.69) is 12.2 Å². The third-order valence-electron chi connectivity index (χ3n) is 4.12. The maximum Gasteiger partial charge on any atom is 0.328 e. The SMILES string of the molecule is CCCCCCCCCCCC(=O)Nc1ccc(/C=C/C(=O)O)cc1. The van der Waals surface area contributed by atoms with E-state index in [-0.39, 0.29) is 5.91 Å². The molecule has 0 radical (unpaired) electrons. The van der Waals surface area contributed by atoms with Crippen molar-refractivity contribution in [3.8, 4) is 0 Å². The van der Waals surface area contributed by atoms with Gasteiger partial charge in [0.15, 0.2) is 0 Å². The number of carboxylic acid groups (broad SMARTS) is 1. The molecule has 138 valence electrons. The van der Waals surface area contributed by atoms with Crippen molar-refractivity contribution in [1.29, 1.82) is 0 Å². The Kier molecular flexibility index (Phi) is 11.1. The van der Waals surface area contributed by atoms with Crippen molar-refractivity contribution >= 4 is 23.6 Å². The van der Waals surface area contributed by atoms with Gasteiger partial charge in [-0.3, -0.25) is 4.79 Å². The van der Waals surface area contributed by atoms with Crippen molar-refractivity contribution in [2.24, 2.45) is 0 Å². The van der Waals surface area contributed by atoms with Gasteiger partial charge in [0.1, 0.15) is 0 Å². The summed E-state index contributed by atoms with van der Waals surface area (Å²) in [5, 5.41) is 11.5. The van der Waals surface area contributed by atoms with Crippen LogP contribution in [0.15, 0.2) is 30.3 Å². The zero-order chi connectivity index (χ0) is 18.3. The fourth-order valence-electron chi connectivity index (χ4n) is 2.66. The molecule has 1 amide bonds. The first-order valence-corrected chi connectivity index (χ1v) is 9.42. The van der Waals surface area contributed by atoms with Gasteiger partial charge in [-0.1, -0.05) is 70.4 Å². The van der Waals surface area contributed by atoms with E-state index < -0.39 is 5.97 Å². The van der Waals surface area contributed by atoms with Crippen LogP contribution in [0.1, 0.15) is 76.7 Å². The largest absolute Gasteiger partial charge is 0.478 e. The predicted octanol–water partition coefficient (Wildman–Crippen LogP) is 5.64. The molecule has 2 N–H and O–H groups in total. The van der Waals surface area contributed by atoms with Crippen molar-refractivity contribution in [2.75, 3.05) is 5.32 Å². The van der Waals surface area contributed by atoms with Crippen LogP contribution in [-0.4, -0.2) is 17.0 Å². The molecule has 25 heavy (non-hydrogen) atoms. The van der Waals surface area contributed by atoms with Crippen LogP contribution in [0.2, 0.25) is 0 Å². The molecule has 0 spiro atoms. The molecule has 0 heterocycles. The summed E-state index contributed by atoms with van der Waals surface area (Å²) in [6, 6.07) is 7.15. The zero-order valence-corrected chi connectivity index (χ0v) is 15.3. The Labute approximate surface area is 151 Å². The molecule has 0 aliphatic carbocycles. The third kappa shape index (κ3) is 11.1. The molecule has 0 aliphatic rings. The summed E-state index contributed by atoms with van der Waals surface area (Å²) < 4.78 is 0. The number of unbranched alkanes of at least 4 members (excludes halogenated alkanes) is 8. The molecular formula is C21H31NO3. The first kappa shape index (κ1) is 20.9. The van der Waals surface area contributed by atoms with E-state index in [1.807, 2.05) is 0 Å². The lowest BCUT2D eigenvalue weighted by Gasteiger charge is -2.06. The number of carboxylic acids is 1. The molecule has 0 unspecified atom stereocenters. The Morgan fingerprint density at radius 1 is 0.920 bits per heavy atom. The lowest BCUT2D eigenvalue weighted by atomic mass is 10.1. The second-order valence-corrected chi connectivity index (χ2v) is 6.42. The molecule has 0 saturated carbocycles. The van der Waals surface area contributed by atoms with Gasteiger partial charge in [-0.15, -0.1) is 0 Å². The minimum Gasteiger partial charge on any atom is -0.478 e. The van der Waals surface area contributed by atoms with Gasteiger partial charge in [-0.25, -0.2) is 4.79 Å². The Balaban J connectivity index is 2.13. The fourth-order valence-corrected chi connectivity index (χ4v) is 2.66. The number of hydrogen-bond acceptors (Lipinski definition) is 2. The number of hydrogen-bond donors (Lipinski definition) is 2. The number of aliphatic carboxylic acids is 1. The first-order valence-electron chi connectivity index (χ1n) is 9.42. The lowest BCUT2D eigenvalue weighted by Crippen LogP contribution is -2.10. The van der Waals surface area contributed by atoms with Gasteiger partial charge in [-0.05, 0) is 30.2 Å². The van der Waals surface area contributed by atoms with E-state index in [0.717, 1.165) is 30.2 Å². The summed E-state index contributed by atoms with van der Waals surface area (Å²) in [4.78, 5) is 22.4. The number of rotatable bonds is 13. The average Bonchev–Trinajstić information content (AvgIpc) is 2.59. The van der Waals surface area contributed by atoms with Gasteiger partial charge in [-0.2, -0.15) is 0 Å². The molecular weight excluding hydrogens is 314 g/mol. The van der Waals surface area contributed by atoms with E-state index in [1.165, 1.54) is 51.0 Å². The second-order valence-electron chi connectivity index (χ2n) is 6.42. The molecule has 0 saturated heterocycles. The van der Waals surface area contributed by atoms with Crippen LogP contribution in [0.5, 0.6) is 0 Å². The fraction of sp³-hybridized carbons (Fsp3) is 0.524. The van der Waals surface area contributed by atoms with Crippen molar-refractivity contribution in [3.63, 3.8) is 0 Å². The van der Waals surface area contributed by atoms with E-state index in [0.29, 0.717) is 6.42 Å². The zero-order valence-electron chi connectivity index (χ0n) is 15.3. The predicted molar refractivity (Wildman–Crippen MR) is 104 cm³/mol. The van der Waals surface area contributed by atoms with Crippen LogP contribution in [-0.2, 0) is 9.59 Å². The van der Waals surface area contributed by atoms with Crippen LogP contribution < -0.4 is 5.32 Å². The minimum atomic E-state index is -0.974. The highest BCUT2D eigenvalue weighted by Crippen LogP contribution is 2.13. The first-order chi connectivity index (χ1) is 12.1. The molecule has 4 heteroatoms. The van der Waals surface area contributed by atoms with Gasteiger partial charge < -0.3 is 10.4 Å². The van der Waals surface area contributed by atoms with Crippen molar-refractivity contribution in [2.45, 2.75) is 71.1 Å². The number of benzene rings is 1. The number of carbonyl (C=O) groups excluding carboxylic acids is 1. The highest BCUT2D eigenvalue weighted by Gasteiger charge is 2.02. The highest BCUT2D eigenvalue weighted by molar-refractivity contribution is 5.91. The van der Waals surface area contributed by atoms with Crippen LogP contribution >= 0.6 is 0 Å². The maximum atomic E-state index is 11.9. The van der Waals surface area contributed by atoms with Crippen molar-refractivity contribution in [1.82, 2.24) is 0 Å². The van der Waals surface area contributed by atoms with Crippen LogP contribution in [0, 0.1) is 0 Å². The molecule has 0 atom stereocenters. The third-order valence-corrected chi connectivity index (χ3v) is 4.12. The van der Waals surface area contributed by atoms with Crippen LogP contribution in [0.25, 0.3) is 6.08 Å². The Morgan fingerprint density at radius 2 is 1.48 bits per heavy atom. The smallest absolute Gasteiger partial charge is 0.328 e. The number of nitrogens with one attached hydrogen (secondary N) is 1. The summed E-state index contributed by atoms with van der Waals surface area (Å²) in [5.41, 5.74) is 1.53. The van der Waals surface area contributed by atoms with E-state index >= 15 is 0 Å². The lowest BCUT2D eigenvalue weighted by molar-refractivity contribution is -0.131. The monoisotopic (exact) mass is 345 g/mol. The molecule has 0 aliphatic heterocycles. The van der Waals surface area contributed by atoms with E-state index in [9.17, 15) is 9.59 Å². The molecule has 4 nitrogen and oxygen atoms in total. The molecule has 1 rings (SSSR count). The van der Waals surface area contributed by atoms with Gasteiger partial charge in [0, 0.05) is 18.2 Å². The van der Waals surface area contributed by atoms with Gasteiger partial charge >= 0.3 is 5.97 Å². The summed E-state index contributed by atoms with van der Waals surface area (Å²) in [6.07, 6.45) is 14.3. The molecule has 0 bridgehead atoms. The minimum absolute atomic E-state index is 0.0387. The quantitative estimate of drug-likeness (QED) is 0.359. The summed E-state index contributed by atoms with van der Waals surface area (Å²) in [5.74, 6) is -0.935. The highest BCUT2D eigenvalue weighted by atomic mass is 16.4. The average molecular weight is 345 g/mol. The van der Waals surface area contributed by atoms with E-state index in [1.54, 1.807) is 24.3 Å². The van der Waals surface area contributed by atoms with Crippen LogP contribution in [0.3, 0.4) is 0 Å². The Morgan fingerprint density at radius 3 is 2.04 bits per heavy atom. The number of amides is 1.